The monoisotopic (exact) mass is 286 g/mol. The van der Waals surface area contributed by atoms with Crippen LogP contribution in [0.1, 0.15) is 32.5 Å². The fourth-order valence-electron chi connectivity index (χ4n) is 2.21. The van der Waals surface area contributed by atoms with Crippen LogP contribution in [0.25, 0.3) is 11.0 Å². The zero-order chi connectivity index (χ0) is 14.0. The van der Waals surface area contributed by atoms with E-state index in [1.807, 2.05) is 0 Å². The summed E-state index contributed by atoms with van der Waals surface area (Å²) in [5.74, 6) is -0.331. The standard InChI is InChI=1S/C14H17ClF2N2/c1-9(2)4-3-7-19-12(8-15)18-11-6-5-10(16)13(17)14(11)19/h5-6,9H,3-4,7-8H2,1-2H3. The molecule has 0 N–H and O–H groups in total. The van der Waals surface area contributed by atoms with Gasteiger partial charge in [-0.3, -0.25) is 0 Å². The maximum absolute atomic E-state index is 13.9. The van der Waals surface area contributed by atoms with E-state index >= 15 is 0 Å². The number of halogens is 3. The minimum Gasteiger partial charge on any atom is -0.324 e. The third kappa shape index (κ3) is 2.89. The van der Waals surface area contributed by atoms with E-state index in [0.29, 0.717) is 23.8 Å². The van der Waals surface area contributed by atoms with Crippen molar-refractivity contribution in [2.24, 2.45) is 5.92 Å². The number of aryl methyl sites for hydroxylation is 1. The summed E-state index contributed by atoms with van der Waals surface area (Å²) < 4.78 is 29.0. The third-order valence-corrected chi connectivity index (χ3v) is 3.40. The normalized spacial score (nSPS) is 11.7. The lowest BCUT2D eigenvalue weighted by Crippen LogP contribution is -2.05. The zero-order valence-electron chi connectivity index (χ0n) is 11.1. The summed E-state index contributed by atoms with van der Waals surface area (Å²) in [6.45, 7) is 4.88. The van der Waals surface area contributed by atoms with Crippen molar-refractivity contribution in [1.82, 2.24) is 9.55 Å². The Balaban J connectivity index is 2.41. The molecule has 1 aromatic carbocycles. The van der Waals surface area contributed by atoms with Crippen LogP contribution >= 0.6 is 11.6 Å². The van der Waals surface area contributed by atoms with Crippen molar-refractivity contribution < 1.29 is 8.78 Å². The van der Waals surface area contributed by atoms with Crippen LogP contribution in [0.3, 0.4) is 0 Å². The van der Waals surface area contributed by atoms with Crippen LogP contribution in [0.2, 0.25) is 0 Å². The Kier molecular flexibility index (Phi) is 4.40. The molecule has 1 heterocycles. The predicted molar refractivity (Wildman–Crippen MR) is 73.3 cm³/mol. The minimum atomic E-state index is -0.848. The van der Waals surface area contributed by atoms with Crippen LogP contribution in [0, 0.1) is 17.6 Å². The number of hydrogen-bond donors (Lipinski definition) is 0. The highest BCUT2D eigenvalue weighted by molar-refractivity contribution is 6.16. The molecule has 0 amide bonds. The van der Waals surface area contributed by atoms with Gasteiger partial charge in [0.05, 0.1) is 11.4 Å². The average Bonchev–Trinajstić information content (AvgIpc) is 2.72. The molecular formula is C14H17ClF2N2. The summed E-state index contributed by atoms with van der Waals surface area (Å²) in [4.78, 5) is 4.26. The van der Waals surface area contributed by atoms with Crippen molar-refractivity contribution in [3.05, 3.63) is 29.6 Å². The first-order valence-corrected chi connectivity index (χ1v) is 6.97. The van der Waals surface area contributed by atoms with Crippen LogP contribution < -0.4 is 0 Å². The van der Waals surface area contributed by atoms with E-state index in [2.05, 4.69) is 18.8 Å². The molecule has 0 unspecified atom stereocenters. The van der Waals surface area contributed by atoms with Crippen molar-refractivity contribution in [2.75, 3.05) is 0 Å². The molecule has 0 atom stereocenters. The quantitative estimate of drug-likeness (QED) is 0.741. The maximum atomic E-state index is 13.9. The molecule has 2 aromatic rings. The van der Waals surface area contributed by atoms with Crippen molar-refractivity contribution >= 4 is 22.6 Å². The molecule has 0 aliphatic rings. The molecule has 2 nitrogen and oxygen atoms in total. The summed E-state index contributed by atoms with van der Waals surface area (Å²) in [5.41, 5.74) is 0.679. The van der Waals surface area contributed by atoms with Gasteiger partial charge in [0.2, 0.25) is 0 Å². The number of alkyl halides is 1. The molecule has 0 spiro atoms. The van der Waals surface area contributed by atoms with Gasteiger partial charge in [-0.2, -0.15) is 0 Å². The molecule has 0 saturated carbocycles. The smallest absolute Gasteiger partial charge is 0.184 e. The lowest BCUT2D eigenvalue weighted by Gasteiger charge is -2.09. The fourth-order valence-corrected chi connectivity index (χ4v) is 2.41. The summed E-state index contributed by atoms with van der Waals surface area (Å²) in [6.07, 6.45) is 1.92. The minimum absolute atomic E-state index is 0.192. The largest absolute Gasteiger partial charge is 0.324 e. The summed E-state index contributed by atoms with van der Waals surface area (Å²) >= 11 is 5.84. The Hall–Kier alpha value is -1.16. The maximum Gasteiger partial charge on any atom is 0.184 e. The van der Waals surface area contributed by atoms with Gasteiger partial charge >= 0.3 is 0 Å². The van der Waals surface area contributed by atoms with Crippen molar-refractivity contribution in [1.29, 1.82) is 0 Å². The first-order valence-electron chi connectivity index (χ1n) is 6.43. The van der Waals surface area contributed by atoms with Gasteiger partial charge in [0.25, 0.3) is 0 Å². The fraction of sp³-hybridized carbons (Fsp3) is 0.500. The lowest BCUT2D eigenvalue weighted by atomic mass is 10.1. The predicted octanol–water partition coefficient (Wildman–Crippen LogP) is 4.49. The molecule has 19 heavy (non-hydrogen) atoms. The van der Waals surface area contributed by atoms with E-state index in [1.165, 1.54) is 6.07 Å². The molecule has 104 valence electrons. The first-order chi connectivity index (χ1) is 9.04. The van der Waals surface area contributed by atoms with E-state index in [4.69, 9.17) is 11.6 Å². The van der Waals surface area contributed by atoms with Gasteiger partial charge in [0.15, 0.2) is 11.6 Å². The van der Waals surface area contributed by atoms with E-state index < -0.39 is 11.6 Å². The SMILES string of the molecule is CC(C)CCCn1c(CCl)nc2ccc(F)c(F)c21. The molecule has 0 aliphatic heterocycles. The number of nitrogens with zero attached hydrogens (tertiary/aromatic N) is 2. The molecule has 5 heteroatoms. The van der Waals surface area contributed by atoms with Gasteiger partial charge in [0.1, 0.15) is 11.3 Å². The molecule has 2 rings (SSSR count). The number of hydrogen-bond acceptors (Lipinski definition) is 1. The Morgan fingerprint density at radius 1 is 1.32 bits per heavy atom. The van der Waals surface area contributed by atoms with Crippen LogP contribution in [0.4, 0.5) is 8.78 Å². The molecule has 0 fully saturated rings. The molecule has 0 radical (unpaired) electrons. The van der Waals surface area contributed by atoms with Crippen LogP contribution in [0.15, 0.2) is 12.1 Å². The summed E-state index contributed by atoms with van der Waals surface area (Å²) in [6, 6.07) is 2.59. The Bertz CT molecular complexity index is 578. The number of benzene rings is 1. The van der Waals surface area contributed by atoms with Crippen LogP contribution in [0.5, 0.6) is 0 Å². The van der Waals surface area contributed by atoms with Gasteiger partial charge in [-0.05, 0) is 30.9 Å². The molecule has 1 aromatic heterocycles. The van der Waals surface area contributed by atoms with E-state index in [-0.39, 0.29) is 11.4 Å². The number of imidazole rings is 1. The zero-order valence-corrected chi connectivity index (χ0v) is 11.8. The van der Waals surface area contributed by atoms with Gasteiger partial charge in [-0.15, -0.1) is 11.6 Å². The third-order valence-electron chi connectivity index (χ3n) is 3.16. The lowest BCUT2D eigenvalue weighted by molar-refractivity contribution is 0.494. The van der Waals surface area contributed by atoms with Crippen molar-refractivity contribution in [3.8, 4) is 0 Å². The van der Waals surface area contributed by atoms with E-state index in [9.17, 15) is 8.78 Å². The molecular weight excluding hydrogens is 270 g/mol. The van der Waals surface area contributed by atoms with Gasteiger partial charge in [-0.25, -0.2) is 13.8 Å². The number of fused-ring (bicyclic) bond motifs is 1. The number of rotatable bonds is 5. The van der Waals surface area contributed by atoms with Gasteiger partial charge in [-0.1, -0.05) is 13.8 Å². The molecule has 0 aliphatic carbocycles. The topological polar surface area (TPSA) is 17.8 Å². The van der Waals surface area contributed by atoms with Crippen molar-refractivity contribution in [3.63, 3.8) is 0 Å². The Morgan fingerprint density at radius 2 is 2.05 bits per heavy atom. The Morgan fingerprint density at radius 3 is 2.68 bits per heavy atom. The molecule has 0 saturated heterocycles. The van der Waals surface area contributed by atoms with Crippen molar-refractivity contribution in [2.45, 2.75) is 39.1 Å². The van der Waals surface area contributed by atoms with E-state index in [0.717, 1.165) is 18.9 Å². The van der Waals surface area contributed by atoms with Gasteiger partial charge < -0.3 is 4.57 Å². The molecule has 0 bridgehead atoms. The Labute approximate surface area is 116 Å². The highest BCUT2D eigenvalue weighted by Crippen LogP contribution is 2.23. The highest BCUT2D eigenvalue weighted by Gasteiger charge is 2.16. The second kappa shape index (κ2) is 5.87. The summed E-state index contributed by atoms with van der Waals surface area (Å²) in [5, 5.41) is 0. The highest BCUT2D eigenvalue weighted by atomic mass is 35.5. The second-order valence-electron chi connectivity index (χ2n) is 5.08. The van der Waals surface area contributed by atoms with Gasteiger partial charge in [0, 0.05) is 6.54 Å². The van der Waals surface area contributed by atoms with Crippen LogP contribution in [-0.4, -0.2) is 9.55 Å². The number of aromatic nitrogens is 2. The summed E-state index contributed by atoms with van der Waals surface area (Å²) in [7, 11) is 0. The van der Waals surface area contributed by atoms with Crippen LogP contribution in [-0.2, 0) is 12.4 Å². The average molecular weight is 287 g/mol. The second-order valence-corrected chi connectivity index (χ2v) is 5.35. The first kappa shape index (κ1) is 14.3. The van der Waals surface area contributed by atoms with E-state index in [1.54, 1.807) is 4.57 Å².